The fourth-order valence-corrected chi connectivity index (χ4v) is 2.63. The molecule has 0 saturated carbocycles. The van der Waals surface area contributed by atoms with E-state index in [1.54, 1.807) is 0 Å². The Morgan fingerprint density at radius 1 is 1.10 bits per heavy atom. The molecule has 0 atom stereocenters. The van der Waals surface area contributed by atoms with Crippen LogP contribution < -0.4 is 4.74 Å². The van der Waals surface area contributed by atoms with Crippen LogP contribution in [0.2, 0.25) is 10.2 Å². The Hall–Kier alpha value is -1.85. The maximum atomic E-state index is 6.13. The highest BCUT2D eigenvalue weighted by Crippen LogP contribution is 2.34. The van der Waals surface area contributed by atoms with E-state index in [-0.39, 0.29) is 0 Å². The van der Waals surface area contributed by atoms with Crippen LogP contribution in [-0.4, -0.2) is 19.6 Å². The molecule has 0 bridgehead atoms. The lowest BCUT2D eigenvalue weighted by atomic mass is 10.1. The molecular formula is C14H12Cl2N4O. The minimum atomic E-state index is 0.342. The van der Waals surface area contributed by atoms with E-state index in [2.05, 4.69) is 15.1 Å². The lowest BCUT2D eigenvalue weighted by Gasteiger charge is -2.14. The average molecular weight is 323 g/mol. The largest absolute Gasteiger partial charge is 0.438 e. The molecule has 0 aliphatic rings. The molecule has 7 heteroatoms. The molecule has 0 amide bonds. The number of halogens is 2. The van der Waals surface area contributed by atoms with Crippen LogP contribution in [0.5, 0.6) is 11.6 Å². The maximum absolute atomic E-state index is 6.13. The van der Waals surface area contributed by atoms with Crippen LogP contribution in [0.25, 0.3) is 5.78 Å². The molecule has 0 aliphatic heterocycles. The van der Waals surface area contributed by atoms with Gasteiger partial charge in [0.05, 0.1) is 0 Å². The van der Waals surface area contributed by atoms with E-state index in [1.165, 1.54) is 10.8 Å². The topological polar surface area (TPSA) is 52.3 Å². The van der Waals surface area contributed by atoms with E-state index in [4.69, 9.17) is 27.9 Å². The van der Waals surface area contributed by atoms with Crippen LogP contribution in [0.4, 0.5) is 0 Å². The lowest BCUT2D eigenvalue weighted by molar-refractivity contribution is 0.435. The predicted molar refractivity (Wildman–Crippen MR) is 81.5 cm³/mol. The number of fused-ring (bicyclic) bond motifs is 1. The standard InChI is InChI=1S/C14H12Cl2N4O/c1-7-4-10(15)5-8(2)11(7)21-13-9(3)12(16)19-14-17-6-18-20(13)14/h4-6H,1-3H3. The number of benzene rings is 1. The van der Waals surface area contributed by atoms with Gasteiger partial charge in [0.25, 0.3) is 5.78 Å². The predicted octanol–water partition coefficient (Wildman–Crippen LogP) is 4.15. The van der Waals surface area contributed by atoms with Crippen LogP contribution in [0.3, 0.4) is 0 Å². The van der Waals surface area contributed by atoms with Gasteiger partial charge < -0.3 is 4.74 Å². The average Bonchev–Trinajstić information content (AvgIpc) is 2.85. The summed E-state index contributed by atoms with van der Waals surface area (Å²) in [4.78, 5) is 8.19. The van der Waals surface area contributed by atoms with Gasteiger partial charge in [-0.25, -0.2) is 0 Å². The smallest absolute Gasteiger partial charge is 0.256 e. The summed E-state index contributed by atoms with van der Waals surface area (Å²) in [5.74, 6) is 1.61. The van der Waals surface area contributed by atoms with E-state index >= 15 is 0 Å². The van der Waals surface area contributed by atoms with Crippen molar-refractivity contribution >= 4 is 29.0 Å². The van der Waals surface area contributed by atoms with E-state index in [0.29, 0.717) is 27.4 Å². The summed E-state index contributed by atoms with van der Waals surface area (Å²) in [7, 11) is 0. The van der Waals surface area contributed by atoms with Crippen molar-refractivity contribution in [1.29, 1.82) is 0 Å². The van der Waals surface area contributed by atoms with Gasteiger partial charge in [-0.3, -0.25) is 0 Å². The van der Waals surface area contributed by atoms with Gasteiger partial charge in [0, 0.05) is 10.6 Å². The second-order valence-corrected chi connectivity index (χ2v) is 5.57. The Bertz CT molecular complexity index is 821. The van der Waals surface area contributed by atoms with E-state index in [1.807, 2.05) is 32.9 Å². The first-order valence-electron chi connectivity index (χ1n) is 6.28. The van der Waals surface area contributed by atoms with Crippen LogP contribution in [0, 0.1) is 20.8 Å². The number of hydrogen-bond donors (Lipinski definition) is 0. The SMILES string of the molecule is Cc1cc(Cl)cc(C)c1Oc1c(C)c(Cl)nc2ncnn12. The monoisotopic (exact) mass is 322 g/mol. The Labute approximate surface area is 131 Å². The third-order valence-electron chi connectivity index (χ3n) is 3.17. The molecule has 0 fully saturated rings. The molecule has 21 heavy (non-hydrogen) atoms. The minimum Gasteiger partial charge on any atom is -0.438 e. The first kappa shape index (κ1) is 14.1. The van der Waals surface area contributed by atoms with Crippen molar-refractivity contribution in [3.8, 4) is 11.6 Å². The number of rotatable bonds is 2. The Morgan fingerprint density at radius 3 is 2.43 bits per heavy atom. The summed E-state index contributed by atoms with van der Waals surface area (Å²) in [6, 6.07) is 3.70. The molecule has 1 aromatic carbocycles. The van der Waals surface area contributed by atoms with Gasteiger partial charge >= 0.3 is 0 Å². The molecule has 0 radical (unpaired) electrons. The van der Waals surface area contributed by atoms with Gasteiger partial charge in [0.1, 0.15) is 17.2 Å². The van der Waals surface area contributed by atoms with Gasteiger partial charge in [-0.2, -0.15) is 19.6 Å². The summed E-state index contributed by atoms with van der Waals surface area (Å²) >= 11 is 12.2. The Balaban J connectivity index is 2.19. The Morgan fingerprint density at radius 2 is 1.76 bits per heavy atom. The quantitative estimate of drug-likeness (QED) is 0.665. The second-order valence-electron chi connectivity index (χ2n) is 4.78. The van der Waals surface area contributed by atoms with Gasteiger partial charge in [0.15, 0.2) is 0 Å². The normalized spacial score (nSPS) is 11.1. The number of aromatic nitrogens is 4. The second kappa shape index (κ2) is 5.16. The van der Waals surface area contributed by atoms with E-state index < -0.39 is 0 Å². The first-order chi connectivity index (χ1) is 9.97. The number of hydrogen-bond acceptors (Lipinski definition) is 4. The van der Waals surface area contributed by atoms with Crippen LogP contribution in [0.1, 0.15) is 16.7 Å². The van der Waals surface area contributed by atoms with Crippen LogP contribution in [0.15, 0.2) is 18.5 Å². The molecule has 3 rings (SSSR count). The molecule has 0 N–H and O–H groups in total. The summed E-state index contributed by atoms with van der Waals surface area (Å²) < 4.78 is 7.58. The van der Waals surface area contributed by atoms with Crippen LogP contribution >= 0.6 is 23.2 Å². The maximum Gasteiger partial charge on any atom is 0.256 e. The minimum absolute atomic E-state index is 0.342. The highest BCUT2D eigenvalue weighted by molar-refractivity contribution is 6.31. The van der Waals surface area contributed by atoms with Crippen molar-refractivity contribution in [1.82, 2.24) is 19.6 Å². The van der Waals surface area contributed by atoms with Gasteiger partial charge in [-0.15, -0.1) is 0 Å². The van der Waals surface area contributed by atoms with Gasteiger partial charge in [0.2, 0.25) is 5.88 Å². The summed E-state index contributed by atoms with van der Waals surface area (Å²) in [6.45, 7) is 5.70. The molecule has 0 aliphatic carbocycles. The first-order valence-corrected chi connectivity index (χ1v) is 7.03. The van der Waals surface area contributed by atoms with Gasteiger partial charge in [-0.05, 0) is 44.0 Å². The van der Waals surface area contributed by atoms with Gasteiger partial charge in [-0.1, -0.05) is 23.2 Å². The zero-order valence-electron chi connectivity index (χ0n) is 11.7. The molecule has 0 unspecified atom stereocenters. The molecule has 0 saturated heterocycles. The molecule has 108 valence electrons. The van der Waals surface area contributed by atoms with Crippen molar-refractivity contribution < 1.29 is 4.74 Å². The fourth-order valence-electron chi connectivity index (χ4n) is 2.15. The molecule has 2 aromatic heterocycles. The van der Waals surface area contributed by atoms with Crippen molar-refractivity contribution in [2.45, 2.75) is 20.8 Å². The lowest BCUT2D eigenvalue weighted by Crippen LogP contribution is -2.03. The fraction of sp³-hybridized carbons (Fsp3) is 0.214. The van der Waals surface area contributed by atoms with E-state index in [0.717, 1.165) is 16.9 Å². The van der Waals surface area contributed by atoms with Crippen molar-refractivity contribution in [3.63, 3.8) is 0 Å². The summed E-state index contributed by atoms with van der Waals surface area (Å²) in [5, 5.41) is 5.14. The molecule has 3 aromatic rings. The third kappa shape index (κ3) is 2.43. The summed E-state index contributed by atoms with van der Waals surface area (Å²) in [5.41, 5.74) is 2.56. The zero-order valence-corrected chi connectivity index (χ0v) is 13.2. The highest BCUT2D eigenvalue weighted by Gasteiger charge is 2.16. The molecular weight excluding hydrogens is 311 g/mol. The number of aryl methyl sites for hydroxylation is 2. The Kier molecular flexibility index (Phi) is 3.47. The number of nitrogens with zero attached hydrogens (tertiary/aromatic N) is 4. The molecule has 0 spiro atoms. The third-order valence-corrected chi connectivity index (χ3v) is 3.76. The van der Waals surface area contributed by atoms with Crippen LogP contribution in [-0.2, 0) is 0 Å². The molecule has 2 heterocycles. The summed E-state index contributed by atoms with van der Waals surface area (Å²) in [6.07, 6.45) is 1.41. The number of ether oxygens (including phenoxy) is 1. The zero-order chi connectivity index (χ0) is 15.1. The van der Waals surface area contributed by atoms with Crippen molar-refractivity contribution in [3.05, 3.63) is 45.3 Å². The molecule has 5 nitrogen and oxygen atoms in total. The van der Waals surface area contributed by atoms with Crippen molar-refractivity contribution in [2.24, 2.45) is 0 Å². The highest BCUT2D eigenvalue weighted by atomic mass is 35.5. The van der Waals surface area contributed by atoms with Crippen molar-refractivity contribution in [2.75, 3.05) is 0 Å². The van der Waals surface area contributed by atoms with E-state index in [9.17, 15) is 0 Å².